The lowest BCUT2D eigenvalue weighted by atomic mass is 10.1. The maximum Gasteiger partial charge on any atom is 0.254 e. The molecular weight excluding hydrogens is 384 g/mol. The van der Waals surface area contributed by atoms with Crippen molar-refractivity contribution in [3.63, 3.8) is 0 Å². The highest BCUT2D eigenvalue weighted by Crippen LogP contribution is 2.19. The number of carbonyl (C=O) groups excluding carboxylic acids is 1. The molecule has 20 heavy (non-hydrogen) atoms. The average molecular weight is 398 g/mol. The van der Waals surface area contributed by atoms with Crippen LogP contribution in [-0.2, 0) is 6.54 Å². The third kappa shape index (κ3) is 3.84. The second-order valence-electron chi connectivity index (χ2n) is 4.56. The van der Waals surface area contributed by atoms with E-state index >= 15 is 0 Å². The molecule has 3 nitrogen and oxygen atoms in total. The molecule has 1 amide bonds. The van der Waals surface area contributed by atoms with Crippen LogP contribution in [0.25, 0.3) is 0 Å². The SMILES string of the molecule is CN(Cc1cccc(Br)c1)C(=O)c1cc(N)cc(Br)c1. The van der Waals surface area contributed by atoms with Gasteiger partial charge in [-0.15, -0.1) is 0 Å². The van der Waals surface area contributed by atoms with Crippen molar-refractivity contribution >= 4 is 43.5 Å². The molecule has 0 aliphatic carbocycles. The van der Waals surface area contributed by atoms with Crippen LogP contribution in [0.5, 0.6) is 0 Å². The van der Waals surface area contributed by atoms with Crippen LogP contribution in [0.3, 0.4) is 0 Å². The highest BCUT2D eigenvalue weighted by Gasteiger charge is 2.13. The molecule has 0 radical (unpaired) electrons. The third-order valence-corrected chi connectivity index (χ3v) is 3.77. The van der Waals surface area contributed by atoms with Crippen LogP contribution in [0, 0.1) is 0 Å². The monoisotopic (exact) mass is 396 g/mol. The number of nitrogen functional groups attached to an aromatic ring is 1. The van der Waals surface area contributed by atoms with Gasteiger partial charge >= 0.3 is 0 Å². The van der Waals surface area contributed by atoms with Gasteiger partial charge in [-0.25, -0.2) is 0 Å². The number of halogens is 2. The number of rotatable bonds is 3. The van der Waals surface area contributed by atoms with Gasteiger partial charge in [-0.05, 0) is 35.9 Å². The molecule has 2 N–H and O–H groups in total. The number of carbonyl (C=O) groups is 1. The van der Waals surface area contributed by atoms with E-state index in [4.69, 9.17) is 5.73 Å². The number of anilines is 1. The molecule has 5 heteroatoms. The number of nitrogens with two attached hydrogens (primary N) is 1. The third-order valence-electron chi connectivity index (χ3n) is 2.82. The molecule has 0 fully saturated rings. The maximum absolute atomic E-state index is 12.4. The summed E-state index contributed by atoms with van der Waals surface area (Å²) in [5, 5.41) is 0. The number of amides is 1. The van der Waals surface area contributed by atoms with E-state index in [1.807, 2.05) is 24.3 Å². The van der Waals surface area contributed by atoms with E-state index in [-0.39, 0.29) is 5.91 Å². The van der Waals surface area contributed by atoms with Gasteiger partial charge in [0, 0.05) is 33.8 Å². The Morgan fingerprint density at radius 2 is 1.90 bits per heavy atom. The average Bonchev–Trinajstić information content (AvgIpc) is 2.36. The van der Waals surface area contributed by atoms with Crippen LogP contribution in [0.15, 0.2) is 51.4 Å². The summed E-state index contributed by atoms with van der Waals surface area (Å²) in [6, 6.07) is 13.1. The number of hydrogen-bond acceptors (Lipinski definition) is 2. The van der Waals surface area contributed by atoms with Crippen molar-refractivity contribution in [1.82, 2.24) is 4.90 Å². The smallest absolute Gasteiger partial charge is 0.254 e. The first kappa shape index (κ1) is 15.1. The molecule has 2 rings (SSSR count). The van der Waals surface area contributed by atoms with Gasteiger partial charge in [0.1, 0.15) is 0 Å². The van der Waals surface area contributed by atoms with Gasteiger partial charge in [0.05, 0.1) is 0 Å². The molecule has 2 aromatic carbocycles. The van der Waals surface area contributed by atoms with Crippen molar-refractivity contribution in [2.24, 2.45) is 0 Å². The Bertz CT molecular complexity index is 623. The van der Waals surface area contributed by atoms with Crippen LogP contribution in [-0.4, -0.2) is 17.9 Å². The molecule has 104 valence electrons. The summed E-state index contributed by atoms with van der Waals surface area (Å²) in [4.78, 5) is 14.0. The highest BCUT2D eigenvalue weighted by molar-refractivity contribution is 9.10. The fraction of sp³-hybridized carbons (Fsp3) is 0.133. The van der Waals surface area contributed by atoms with Crippen molar-refractivity contribution in [2.75, 3.05) is 12.8 Å². The molecule has 0 heterocycles. The molecule has 0 saturated carbocycles. The summed E-state index contributed by atoms with van der Waals surface area (Å²) in [6.45, 7) is 0.546. The van der Waals surface area contributed by atoms with Crippen molar-refractivity contribution < 1.29 is 4.79 Å². The summed E-state index contributed by atoms with van der Waals surface area (Å²) in [5.41, 5.74) is 7.98. The summed E-state index contributed by atoms with van der Waals surface area (Å²) in [6.07, 6.45) is 0. The van der Waals surface area contributed by atoms with E-state index in [1.54, 1.807) is 30.1 Å². The van der Waals surface area contributed by atoms with Gasteiger partial charge in [-0.3, -0.25) is 4.79 Å². The molecule has 0 aliphatic heterocycles. The first-order chi connectivity index (χ1) is 9.45. The standard InChI is InChI=1S/C15H14Br2N2O/c1-19(9-10-3-2-4-12(16)5-10)15(20)11-6-13(17)8-14(18)7-11/h2-8H,9,18H2,1H3. The maximum atomic E-state index is 12.4. The lowest BCUT2D eigenvalue weighted by Crippen LogP contribution is -2.26. The van der Waals surface area contributed by atoms with Crippen LogP contribution < -0.4 is 5.73 Å². The Morgan fingerprint density at radius 3 is 2.55 bits per heavy atom. The molecule has 0 aromatic heterocycles. The van der Waals surface area contributed by atoms with E-state index in [0.717, 1.165) is 14.5 Å². The van der Waals surface area contributed by atoms with Gasteiger partial charge in [-0.1, -0.05) is 44.0 Å². The minimum absolute atomic E-state index is 0.0574. The Kier molecular flexibility index (Phi) is 4.83. The second kappa shape index (κ2) is 6.41. The zero-order valence-corrected chi connectivity index (χ0v) is 14.1. The van der Waals surface area contributed by atoms with Gasteiger partial charge in [0.15, 0.2) is 0 Å². The summed E-state index contributed by atoms with van der Waals surface area (Å²) in [7, 11) is 1.78. The van der Waals surface area contributed by atoms with E-state index in [2.05, 4.69) is 31.9 Å². The van der Waals surface area contributed by atoms with Gasteiger partial charge in [0.25, 0.3) is 5.91 Å². The first-order valence-electron chi connectivity index (χ1n) is 6.01. The fourth-order valence-corrected chi connectivity index (χ4v) is 2.89. The van der Waals surface area contributed by atoms with Crippen molar-refractivity contribution in [2.45, 2.75) is 6.54 Å². The number of benzene rings is 2. The Hall–Kier alpha value is -1.33. The molecule has 0 spiro atoms. The normalized spacial score (nSPS) is 10.3. The topological polar surface area (TPSA) is 46.3 Å². The van der Waals surface area contributed by atoms with Crippen LogP contribution >= 0.6 is 31.9 Å². The summed E-state index contributed by atoms with van der Waals surface area (Å²) in [5.74, 6) is -0.0574. The van der Waals surface area contributed by atoms with Crippen molar-refractivity contribution in [3.05, 3.63) is 62.5 Å². The Balaban J connectivity index is 2.16. The fourth-order valence-electron chi connectivity index (χ4n) is 1.94. The van der Waals surface area contributed by atoms with Gasteiger partial charge < -0.3 is 10.6 Å². The van der Waals surface area contributed by atoms with Crippen molar-refractivity contribution in [1.29, 1.82) is 0 Å². The number of hydrogen-bond donors (Lipinski definition) is 1. The van der Waals surface area contributed by atoms with Crippen LogP contribution in [0.2, 0.25) is 0 Å². The summed E-state index contributed by atoms with van der Waals surface area (Å²) < 4.78 is 1.80. The Labute approximate surface area is 135 Å². The van der Waals surface area contributed by atoms with E-state index in [1.165, 1.54) is 0 Å². The van der Waals surface area contributed by atoms with Crippen LogP contribution in [0.1, 0.15) is 15.9 Å². The van der Waals surface area contributed by atoms with E-state index < -0.39 is 0 Å². The molecule has 0 bridgehead atoms. The first-order valence-corrected chi connectivity index (χ1v) is 7.60. The molecule has 2 aromatic rings. The predicted molar refractivity (Wildman–Crippen MR) is 88.5 cm³/mol. The molecule has 0 unspecified atom stereocenters. The van der Waals surface area contributed by atoms with Gasteiger partial charge in [0.2, 0.25) is 0 Å². The zero-order valence-electron chi connectivity index (χ0n) is 10.9. The zero-order chi connectivity index (χ0) is 14.7. The van der Waals surface area contributed by atoms with E-state index in [0.29, 0.717) is 17.8 Å². The largest absolute Gasteiger partial charge is 0.399 e. The molecule has 0 saturated heterocycles. The lowest BCUT2D eigenvalue weighted by molar-refractivity contribution is 0.0785. The minimum Gasteiger partial charge on any atom is -0.399 e. The quantitative estimate of drug-likeness (QED) is 0.793. The number of nitrogens with zero attached hydrogens (tertiary/aromatic N) is 1. The van der Waals surface area contributed by atoms with Gasteiger partial charge in [-0.2, -0.15) is 0 Å². The molecule has 0 atom stereocenters. The van der Waals surface area contributed by atoms with Crippen molar-refractivity contribution in [3.8, 4) is 0 Å². The molecule has 0 aliphatic rings. The molecular formula is C15H14Br2N2O. The summed E-state index contributed by atoms with van der Waals surface area (Å²) >= 11 is 6.78. The van der Waals surface area contributed by atoms with Crippen LogP contribution in [0.4, 0.5) is 5.69 Å². The second-order valence-corrected chi connectivity index (χ2v) is 6.40. The van der Waals surface area contributed by atoms with E-state index in [9.17, 15) is 4.79 Å². The Morgan fingerprint density at radius 1 is 1.15 bits per heavy atom. The predicted octanol–water partition coefficient (Wildman–Crippen LogP) is 4.07. The minimum atomic E-state index is -0.0574. The highest BCUT2D eigenvalue weighted by atomic mass is 79.9. The lowest BCUT2D eigenvalue weighted by Gasteiger charge is -2.18.